The Morgan fingerprint density at radius 2 is 1.96 bits per heavy atom. The number of thiophene rings is 1. The highest BCUT2D eigenvalue weighted by Gasteiger charge is 2.34. The SMILES string of the molecule is CC(=O)c1ccc(C(=O)N(Cc2c(C)nn(C)c2C)C2CC2)s1. The first kappa shape index (κ1) is 15.9. The van der Waals surface area contributed by atoms with Gasteiger partial charge < -0.3 is 4.90 Å². The molecule has 0 saturated heterocycles. The number of ketones is 1. The maximum atomic E-state index is 12.9. The Morgan fingerprint density at radius 1 is 1.30 bits per heavy atom. The molecule has 0 N–H and O–H groups in total. The lowest BCUT2D eigenvalue weighted by Crippen LogP contribution is -2.32. The average Bonchev–Trinajstić information content (AvgIpc) is 3.15. The van der Waals surface area contributed by atoms with E-state index in [-0.39, 0.29) is 11.7 Å². The monoisotopic (exact) mass is 331 g/mol. The third-order valence-corrected chi connectivity index (χ3v) is 5.57. The zero-order chi connectivity index (χ0) is 16.7. The van der Waals surface area contributed by atoms with E-state index in [0.29, 0.717) is 22.3 Å². The predicted molar refractivity (Wildman–Crippen MR) is 89.9 cm³/mol. The van der Waals surface area contributed by atoms with Gasteiger partial charge in [0.25, 0.3) is 5.91 Å². The highest BCUT2D eigenvalue weighted by molar-refractivity contribution is 7.15. The van der Waals surface area contributed by atoms with E-state index in [1.54, 1.807) is 12.1 Å². The van der Waals surface area contributed by atoms with Gasteiger partial charge in [-0.15, -0.1) is 11.3 Å². The van der Waals surface area contributed by atoms with E-state index >= 15 is 0 Å². The molecule has 0 aliphatic heterocycles. The number of hydrogen-bond acceptors (Lipinski definition) is 4. The Morgan fingerprint density at radius 3 is 2.43 bits per heavy atom. The molecule has 5 nitrogen and oxygen atoms in total. The number of nitrogens with zero attached hydrogens (tertiary/aromatic N) is 3. The minimum atomic E-state index is 0.00553. The van der Waals surface area contributed by atoms with Crippen LogP contribution < -0.4 is 0 Å². The second kappa shape index (κ2) is 5.92. The minimum Gasteiger partial charge on any atom is -0.330 e. The van der Waals surface area contributed by atoms with Gasteiger partial charge in [0.05, 0.1) is 15.4 Å². The standard InChI is InChI=1S/C17H21N3O2S/c1-10-14(11(2)19(4)18-10)9-20(13-5-6-13)17(22)16-8-7-15(23-16)12(3)21/h7-8,13H,5-6,9H2,1-4H3. The first-order valence-electron chi connectivity index (χ1n) is 7.79. The number of hydrogen-bond donors (Lipinski definition) is 0. The van der Waals surface area contributed by atoms with Crippen LogP contribution >= 0.6 is 11.3 Å². The van der Waals surface area contributed by atoms with Gasteiger partial charge >= 0.3 is 0 Å². The van der Waals surface area contributed by atoms with Crippen molar-refractivity contribution < 1.29 is 9.59 Å². The average molecular weight is 331 g/mol. The largest absolute Gasteiger partial charge is 0.330 e. The molecule has 2 heterocycles. The van der Waals surface area contributed by atoms with Gasteiger partial charge in [-0.25, -0.2) is 0 Å². The van der Waals surface area contributed by atoms with Crippen molar-refractivity contribution in [1.82, 2.24) is 14.7 Å². The lowest BCUT2D eigenvalue weighted by molar-refractivity contribution is 0.0734. The van der Waals surface area contributed by atoms with E-state index in [1.165, 1.54) is 18.3 Å². The molecule has 2 aromatic heterocycles. The molecule has 0 bridgehead atoms. The van der Waals surface area contributed by atoms with E-state index in [0.717, 1.165) is 29.8 Å². The summed E-state index contributed by atoms with van der Waals surface area (Å²) in [5, 5.41) is 4.44. The lowest BCUT2D eigenvalue weighted by Gasteiger charge is -2.22. The van der Waals surface area contributed by atoms with Crippen LogP contribution in [0.1, 0.15) is 56.1 Å². The summed E-state index contributed by atoms with van der Waals surface area (Å²) in [6.45, 7) is 6.13. The number of amides is 1. The van der Waals surface area contributed by atoms with Crippen molar-refractivity contribution in [2.45, 2.75) is 46.2 Å². The molecule has 23 heavy (non-hydrogen) atoms. The summed E-state index contributed by atoms with van der Waals surface area (Å²) in [4.78, 5) is 27.6. The van der Waals surface area contributed by atoms with Gasteiger partial charge in [0.15, 0.2) is 5.78 Å². The first-order valence-corrected chi connectivity index (χ1v) is 8.61. The molecule has 1 aliphatic carbocycles. The molecule has 1 fully saturated rings. The van der Waals surface area contributed by atoms with Gasteiger partial charge in [-0.2, -0.15) is 5.10 Å². The normalized spacial score (nSPS) is 14.1. The summed E-state index contributed by atoms with van der Waals surface area (Å²) in [6.07, 6.45) is 2.10. The predicted octanol–water partition coefficient (Wildman–Crippen LogP) is 3.11. The molecule has 6 heteroatoms. The molecule has 0 aromatic carbocycles. The second-order valence-electron chi connectivity index (χ2n) is 6.16. The molecule has 2 aromatic rings. The van der Waals surface area contributed by atoms with Crippen LogP contribution in [0.3, 0.4) is 0 Å². The van der Waals surface area contributed by atoms with Crippen molar-refractivity contribution in [2.75, 3.05) is 0 Å². The Labute approximate surface area is 139 Å². The molecular formula is C17H21N3O2S. The maximum Gasteiger partial charge on any atom is 0.264 e. The summed E-state index contributed by atoms with van der Waals surface area (Å²) in [5.41, 5.74) is 3.19. The van der Waals surface area contributed by atoms with Crippen molar-refractivity contribution in [3.8, 4) is 0 Å². The molecule has 122 valence electrons. The minimum absolute atomic E-state index is 0.00553. The molecule has 0 atom stereocenters. The highest BCUT2D eigenvalue weighted by Crippen LogP contribution is 2.32. The number of Topliss-reactive ketones (excluding diaryl/α,β-unsaturated/α-hetero) is 1. The van der Waals surface area contributed by atoms with Crippen LogP contribution in [-0.2, 0) is 13.6 Å². The maximum absolute atomic E-state index is 12.9. The van der Waals surface area contributed by atoms with Gasteiger partial charge in [0.2, 0.25) is 0 Å². The van der Waals surface area contributed by atoms with Crippen molar-refractivity contribution in [1.29, 1.82) is 0 Å². The van der Waals surface area contributed by atoms with Gasteiger partial charge in [0.1, 0.15) is 0 Å². The fourth-order valence-electron chi connectivity index (χ4n) is 2.75. The quantitative estimate of drug-likeness (QED) is 0.791. The fourth-order valence-corrected chi connectivity index (χ4v) is 3.61. The molecule has 1 aliphatic rings. The summed E-state index contributed by atoms with van der Waals surface area (Å²) in [6, 6.07) is 3.82. The Bertz CT molecular complexity index is 771. The number of rotatable bonds is 5. The van der Waals surface area contributed by atoms with Crippen LogP contribution in [0.15, 0.2) is 12.1 Å². The fraction of sp³-hybridized carbons (Fsp3) is 0.471. The first-order chi connectivity index (χ1) is 10.9. The van der Waals surface area contributed by atoms with Gasteiger partial charge in [-0.1, -0.05) is 0 Å². The molecule has 1 saturated carbocycles. The summed E-state index contributed by atoms with van der Waals surface area (Å²) in [5.74, 6) is 0.0265. The lowest BCUT2D eigenvalue weighted by atomic mass is 10.1. The molecular weight excluding hydrogens is 310 g/mol. The van der Waals surface area contributed by atoms with Crippen molar-refractivity contribution in [3.05, 3.63) is 38.8 Å². The van der Waals surface area contributed by atoms with E-state index in [9.17, 15) is 9.59 Å². The number of carbonyl (C=O) groups excluding carboxylic acids is 2. The zero-order valence-electron chi connectivity index (χ0n) is 13.9. The van der Waals surface area contributed by atoms with E-state index in [1.807, 2.05) is 30.5 Å². The van der Waals surface area contributed by atoms with E-state index < -0.39 is 0 Å². The van der Waals surface area contributed by atoms with Crippen molar-refractivity contribution in [3.63, 3.8) is 0 Å². The molecule has 1 amide bonds. The van der Waals surface area contributed by atoms with Crippen LogP contribution in [-0.4, -0.2) is 32.4 Å². The Kier molecular flexibility index (Phi) is 4.10. The molecule has 3 rings (SSSR count). The van der Waals surface area contributed by atoms with Gasteiger partial charge in [-0.3, -0.25) is 14.3 Å². The van der Waals surface area contributed by atoms with Gasteiger partial charge in [0, 0.05) is 30.9 Å². The summed E-state index contributed by atoms with van der Waals surface area (Å²) >= 11 is 1.29. The van der Waals surface area contributed by atoms with Gasteiger partial charge in [-0.05, 0) is 45.7 Å². The number of carbonyl (C=O) groups is 2. The molecule has 0 unspecified atom stereocenters. The topological polar surface area (TPSA) is 55.2 Å². The molecule has 0 radical (unpaired) electrons. The number of aromatic nitrogens is 2. The third kappa shape index (κ3) is 3.08. The van der Waals surface area contributed by atoms with E-state index in [2.05, 4.69) is 5.10 Å². The smallest absolute Gasteiger partial charge is 0.264 e. The zero-order valence-corrected chi connectivity index (χ0v) is 14.7. The van der Waals surface area contributed by atoms with Crippen LogP contribution in [0.5, 0.6) is 0 Å². The molecule has 0 spiro atoms. The third-order valence-electron chi connectivity index (χ3n) is 4.40. The van der Waals surface area contributed by atoms with Crippen LogP contribution in [0.25, 0.3) is 0 Å². The second-order valence-corrected chi connectivity index (χ2v) is 7.24. The van der Waals surface area contributed by atoms with Crippen LogP contribution in [0.4, 0.5) is 0 Å². The Balaban J connectivity index is 1.86. The number of aryl methyl sites for hydroxylation is 2. The van der Waals surface area contributed by atoms with Crippen LogP contribution in [0.2, 0.25) is 0 Å². The van der Waals surface area contributed by atoms with Crippen molar-refractivity contribution in [2.24, 2.45) is 7.05 Å². The Hall–Kier alpha value is -1.95. The van der Waals surface area contributed by atoms with Crippen LogP contribution in [0, 0.1) is 13.8 Å². The highest BCUT2D eigenvalue weighted by atomic mass is 32.1. The van der Waals surface area contributed by atoms with Crippen molar-refractivity contribution >= 4 is 23.0 Å². The van der Waals surface area contributed by atoms with E-state index in [4.69, 9.17) is 0 Å². The summed E-state index contributed by atoms with van der Waals surface area (Å²) in [7, 11) is 1.92. The summed E-state index contributed by atoms with van der Waals surface area (Å²) < 4.78 is 1.86.